The van der Waals surface area contributed by atoms with Crippen LogP contribution in [0.4, 0.5) is 0 Å². The minimum Gasteiger partial charge on any atom is -0.465 e. The molecule has 0 radical (unpaired) electrons. The Kier molecular flexibility index (Phi) is 4.70. The molecule has 26 heavy (non-hydrogen) atoms. The number of fused-ring (bicyclic) bond motifs is 1. The molecule has 2 heterocycles. The van der Waals surface area contributed by atoms with Crippen LogP contribution in [0.3, 0.4) is 0 Å². The maximum absolute atomic E-state index is 12.0. The number of H-pyrrole nitrogens is 1. The minimum absolute atomic E-state index is 0.362. The zero-order chi connectivity index (χ0) is 18.1. The van der Waals surface area contributed by atoms with Crippen molar-refractivity contribution in [2.75, 3.05) is 20.3 Å². The standard InChI is InChI=1S/C21H20ClNO3/c1-25-21(24)18-12-23-20-11-19(22)16(10-17(18)20)15-4-2-13(3-5-15)14-6-8-26-9-7-14/h2-5,10-12,14,23H,6-9H2,1H3. The first-order chi connectivity index (χ1) is 12.7. The highest BCUT2D eigenvalue weighted by Crippen LogP contribution is 2.35. The van der Waals surface area contributed by atoms with Crippen LogP contribution in [-0.4, -0.2) is 31.3 Å². The molecule has 0 aliphatic carbocycles. The van der Waals surface area contributed by atoms with Crippen molar-refractivity contribution < 1.29 is 14.3 Å². The van der Waals surface area contributed by atoms with E-state index in [4.69, 9.17) is 21.1 Å². The SMILES string of the molecule is COC(=O)c1c[nH]c2cc(Cl)c(-c3ccc(C4CCOCC4)cc3)cc12. The maximum Gasteiger partial charge on any atom is 0.340 e. The maximum atomic E-state index is 12.0. The first-order valence-electron chi connectivity index (χ1n) is 8.74. The number of esters is 1. The molecule has 0 unspecified atom stereocenters. The largest absolute Gasteiger partial charge is 0.465 e. The van der Waals surface area contributed by atoms with Crippen LogP contribution in [0, 0.1) is 0 Å². The molecule has 3 aromatic rings. The van der Waals surface area contributed by atoms with E-state index in [2.05, 4.69) is 29.2 Å². The van der Waals surface area contributed by atoms with Crippen LogP contribution in [0.1, 0.15) is 34.7 Å². The minimum atomic E-state index is -0.362. The van der Waals surface area contributed by atoms with E-state index in [1.54, 1.807) is 6.20 Å². The molecule has 4 rings (SSSR count). The lowest BCUT2D eigenvalue weighted by molar-refractivity contribution is 0.0603. The molecule has 2 aromatic carbocycles. The Bertz CT molecular complexity index is 940. The van der Waals surface area contributed by atoms with Crippen molar-refractivity contribution in [3.8, 4) is 11.1 Å². The van der Waals surface area contributed by atoms with E-state index in [9.17, 15) is 4.79 Å². The molecule has 0 bridgehead atoms. The van der Waals surface area contributed by atoms with Gasteiger partial charge in [0.15, 0.2) is 0 Å². The molecule has 0 amide bonds. The molecule has 0 saturated carbocycles. The monoisotopic (exact) mass is 369 g/mol. The van der Waals surface area contributed by atoms with E-state index in [1.165, 1.54) is 12.7 Å². The average molecular weight is 370 g/mol. The fraction of sp³-hybridized carbons (Fsp3) is 0.286. The van der Waals surface area contributed by atoms with Crippen LogP contribution in [0.25, 0.3) is 22.0 Å². The van der Waals surface area contributed by atoms with Gasteiger partial charge in [-0.2, -0.15) is 0 Å². The van der Waals surface area contributed by atoms with Gasteiger partial charge < -0.3 is 14.5 Å². The lowest BCUT2D eigenvalue weighted by atomic mass is 9.90. The number of hydrogen-bond donors (Lipinski definition) is 1. The van der Waals surface area contributed by atoms with E-state index in [0.717, 1.165) is 48.1 Å². The molecule has 0 atom stereocenters. The second kappa shape index (κ2) is 7.14. The number of benzene rings is 2. The van der Waals surface area contributed by atoms with E-state index >= 15 is 0 Å². The number of rotatable bonds is 3. The van der Waals surface area contributed by atoms with E-state index < -0.39 is 0 Å². The fourth-order valence-electron chi connectivity index (χ4n) is 3.61. The van der Waals surface area contributed by atoms with Gasteiger partial charge in [-0.25, -0.2) is 4.79 Å². The van der Waals surface area contributed by atoms with Gasteiger partial charge in [0.25, 0.3) is 0 Å². The number of aromatic nitrogens is 1. The molecule has 1 aliphatic rings. The lowest BCUT2D eigenvalue weighted by Gasteiger charge is -2.22. The third kappa shape index (κ3) is 3.11. The Morgan fingerprint density at radius 1 is 1.19 bits per heavy atom. The van der Waals surface area contributed by atoms with Crippen molar-refractivity contribution in [1.29, 1.82) is 0 Å². The zero-order valence-electron chi connectivity index (χ0n) is 14.5. The highest BCUT2D eigenvalue weighted by molar-refractivity contribution is 6.34. The van der Waals surface area contributed by atoms with Gasteiger partial charge >= 0.3 is 5.97 Å². The molecular weight excluding hydrogens is 350 g/mol. The summed E-state index contributed by atoms with van der Waals surface area (Å²) in [6.45, 7) is 1.66. The van der Waals surface area contributed by atoms with Crippen molar-refractivity contribution in [3.05, 3.63) is 58.7 Å². The number of halogens is 1. The molecule has 5 heteroatoms. The van der Waals surface area contributed by atoms with Crippen molar-refractivity contribution >= 4 is 28.5 Å². The summed E-state index contributed by atoms with van der Waals surface area (Å²) < 4.78 is 10.3. The Morgan fingerprint density at radius 2 is 1.92 bits per heavy atom. The summed E-state index contributed by atoms with van der Waals surface area (Å²) in [6.07, 6.45) is 3.79. The van der Waals surface area contributed by atoms with Gasteiger partial charge in [0.05, 0.1) is 17.7 Å². The number of aromatic amines is 1. The van der Waals surface area contributed by atoms with Gasteiger partial charge in [-0.15, -0.1) is 0 Å². The van der Waals surface area contributed by atoms with Gasteiger partial charge in [-0.05, 0) is 42.0 Å². The molecule has 134 valence electrons. The summed E-state index contributed by atoms with van der Waals surface area (Å²) >= 11 is 6.50. The zero-order valence-corrected chi connectivity index (χ0v) is 15.3. The molecule has 1 fully saturated rings. The Labute approximate surface area is 157 Å². The van der Waals surface area contributed by atoms with Crippen LogP contribution >= 0.6 is 11.6 Å². The molecule has 0 spiro atoms. The second-order valence-corrected chi connectivity index (χ2v) is 6.99. The first kappa shape index (κ1) is 17.1. The van der Waals surface area contributed by atoms with Gasteiger partial charge in [0, 0.05) is 35.9 Å². The van der Waals surface area contributed by atoms with Crippen LogP contribution in [0.5, 0.6) is 0 Å². The average Bonchev–Trinajstić information content (AvgIpc) is 3.10. The summed E-state index contributed by atoms with van der Waals surface area (Å²) in [6, 6.07) is 12.3. The first-order valence-corrected chi connectivity index (χ1v) is 9.12. The van der Waals surface area contributed by atoms with Crippen molar-refractivity contribution in [2.24, 2.45) is 0 Å². The van der Waals surface area contributed by atoms with Gasteiger partial charge in [-0.1, -0.05) is 35.9 Å². The molecule has 4 nitrogen and oxygen atoms in total. The Hall–Kier alpha value is -2.30. The smallest absolute Gasteiger partial charge is 0.340 e. The van der Waals surface area contributed by atoms with E-state index in [0.29, 0.717) is 16.5 Å². The summed E-state index contributed by atoms with van der Waals surface area (Å²) in [5.74, 6) is 0.200. The number of carbonyl (C=O) groups excluding carboxylic acids is 1. The molecule has 1 N–H and O–H groups in total. The molecule has 1 saturated heterocycles. The Morgan fingerprint density at radius 3 is 2.62 bits per heavy atom. The third-order valence-corrected chi connectivity index (χ3v) is 5.40. The number of nitrogens with one attached hydrogen (secondary N) is 1. The highest BCUT2D eigenvalue weighted by Gasteiger charge is 2.17. The molecular formula is C21H20ClNO3. The lowest BCUT2D eigenvalue weighted by Crippen LogP contribution is -2.13. The topological polar surface area (TPSA) is 51.3 Å². The number of ether oxygens (including phenoxy) is 2. The molecule has 1 aliphatic heterocycles. The van der Waals surface area contributed by atoms with Gasteiger partial charge in [0.1, 0.15) is 0 Å². The summed E-state index contributed by atoms with van der Waals surface area (Å²) in [5.41, 5.74) is 4.61. The van der Waals surface area contributed by atoms with Crippen LogP contribution in [0.2, 0.25) is 5.02 Å². The predicted molar refractivity (Wildman–Crippen MR) is 103 cm³/mol. The summed E-state index contributed by atoms with van der Waals surface area (Å²) in [5, 5.41) is 1.46. The normalized spacial score (nSPS) is 15.3. The van der Waals surface area contributed by atoms with Gasteiger partial charge in [-0.3, -0.25) is 0 Å². The Balaban J connectivity index is 1.71. The molecule has 1 aromatic heterocycles. The number of methoxy groups -OCH3 is 1. The number of carbonyl (C=O) groups is 1. The van der Waals surface area contributed by atoms with E-state index in [-0.39, 0.29) is 5.97 Å². The third-order valence-electron chi connectivity index (χ3n) is 5.09. The fourth-order valence-corrected chi connectivity index (χ4v) is 3.88. The van der Waals surface area contributed by atoms with E-state index in [1.807, 2.05) is 12.1 Å². The van der Waals surface area contributed by atoms with Crippen LogP contribution < -0.4 is 0 Å². The van der Waals surface area contributed by atoms with Crippen molar-refractivity contribution in [1.82, 2.24) is 4.98 Å². The highest BCUT2D eigenvalue weighted by atomic mass is 35.5. The number of hydrogen-bond acceptors (Lipinski definition) is 3. The van der Waals surface area contributed by atoms with Crippen molar-refractivity contribution in [2.45, 2.75) is 18.8 Å². The van der Waals surface area contributed by atoms with Crippen LogP contribution in [0.15, 0.2) is 42.6 Å². The summed E-state index contributed by atoms with van der Waals surface area (Å²) in [7, 11) is 1.38. The quantitative estimate of drug-likeness (QED) is 0.648. The van der Waals surface area contributed by atoms with Gasteiger partial charge in [0.2, 0.25) is 0 Å². The van der Waals surface area contributed by atoms with Crippen molar-refractivity contribution in [3.63, 3.8) is 0 Å². The second-order valence-electron chi connectivity index (χ2n) is 6.58. The summed E-state index contributed by atoms with van der Waals surface area (Å²) in [4.78, 5) is 15.0. The van der Waals surface area contributed by atoms with Crippen LogP contribution in [-0.2, 0) is 9.47 Å². The predicted octanol–water partition coefficient (Wildman–Crippen LogP) is 5.17.